The summed E-state index contributed by atoms with van der Waals surface area (Å²) in [4.78, 5) is 16.9. The van der Waals surface area contributed by atoms with Crippen molar-refractivity contribution in [2.45, 2.75) is 0 Å². The molecule has 1 aliphatic carbocycles. The quantitative estimate of drug-likeness (QED) is 0.483. The van der Waals surface area contributed by atoms with Crippen LogP contribution in [0, 0.1) is 5.82 Å². The predicted octanol–water partition coefficient (Wildman–Crippen LogP) is 4.24. The van der Waals surface area contributed by atoms with Gasteiger partial charge in [-0.25, -0.2) is 9.37 Å². The molecule has 0 bridgehead atoms. The van der Waals surface area contributed by atoms with Crippen LogP contribution in [0.25, 0.3) is 22.2 Å². The molecule has 2 aromatic carbocycles. The molecule has 0 N–H and O–H groups in total. The van der Waals surface area contributed by atoms with Crippen LogP contribution in [0.5, 0.6) is 0 Å². The van der Waals surface area contributed by atoms with E-state index < -0.39 is 5.82 Å². The minimum absolute atomic E-state index is 0.153. The molecule has 0 unspecified atom stereocenters. The molecule has 1 aromatic heterocycles. The van der Waals surface area contributed by atoms with Gasteiger partial charge in [0.25, 0.3) is 0 Å². The number of fused-ring (bicyclic) bond motifs is 4. The van der Waals surface area contributed by atoms with Crippen molar-refractivity contribution < 1.29 is 9.18 Å². The smallest absolute Gasteiger partial charge is 0.197 e. The standard InChI is InChI=1S/C16H7ClFNO/c17-14-11-7-8(18)5-6-12(11)19-15-9-3-1-2-4-10(9)16(20)13(14)15/h1-7H. The van der Waals surface area contributed by atoms with Crippen LogP contribution in [0.2, 0.25) is 5.02 Å². The molecule has 0 saturated heterocycles. The molecule has 0 atom stereocenters. The van der Waals surface area contributed by atoms with Crippen LogP contribution in [0.3, 0.4) is 0 Å². The van der Waals surface area contributed by atoms with Gasteiger partial charge in [-0.1, -0.05) is 35.9 Å². The lowest BCUT2D eigenvalue weighted by atomic mass is 10.1. The molecule has 1 aliphatic rings. The van der Waals surface area contributed by atoms with Crippen LogP contribution in [-0.4, -0.2) is 10.8 Å². The molecule has 1 heterocycles. The maximum Gasteiger partial charge on any atom is 0.197 e. The fourth-order valence-electron chi connectivity index (χ4n) is 2.62. The highest BCUT2D eigenvalue weighted by molar-refractivity contribution is 6.41. The van der Waals surface area contributed by atoms with Gasteiger partial charge < -0.3 is 0 Å². The van der Waals surface area contributed by atoms with Crippen molar-refractivity contribution in [3.05, 3.63) is 64.4 Å². The second kappa shape index (κ2) is 3.87. The van der Waals surface area contributed by atoms with Crippen LogP contribution in [0.4, 0.5) is 4.39 Å². The number of benzene rings is 2. The molecule has 96 valence electrons. The molecule has 2 nitrogen and oxygen atoms in total. The molecule has 0 radical (unpaired) electrons. The van der Waals surface area contributed by atoms with Crippen LogP contribution in [-0.2, 0) is 0 Å². The lowest BCUT2D eigenvalue weighted by molar-refractivity contribution is 0.104. The third-order valence-electron chi connectivity index (χ3n) is 3.54. The molecule has 3 aromatic rings. The highest BCUT2D eigenvalue weighted by Gasteiger charge is 2.31. The zero-order valence-corrected chi connectivity index (χ0v) is 10.9. The van der Waals surface area contributed by atoms with Gasteiger partial charge in [0.05, 0.1) is 21.8 Å². The van der Waals surface area contributed by atoms with Gasteiger partial charge in [-0.2, -0.15) is 0 Å². The van der Waals surface area contributed by atoms with E-state index in [1.165, 1.54) is 12.1 Å². The van der Waals surface area contributed by atoms with E-state index in [4.69, 9.17) is 11.6 Å². The van der Waals surface area contributed by atoms with Gasteiger partial charge in [-0.3, -0.25) is 4.79 Å². The summed E-state index contributed by atoms with van der Waals surface area (Å²) in [5.41, 5.74) is 2.90. The molecule has 4 rings (SSSR count). The molecule has 4 heteroatoms. The Kier molecular flexibility index (Phi) is 2.24. The van der Waals surface area contributed by atoms with Gasteiger partial charge >= 0.3 is 0 Å². The second-order valence-electron chi connectivity index (χ2n) is 4.69. The van der Waals surface area contributed by atoms with Crippen molar-refractivity contribution in [3.8, 4) is 11.3 Å². The molecule has 20 heavy (non-hydrogen) atoms. The number of pyridine rings is 1. The van der Waals surface area contributed by atoms with E-state index in [1.807, 2.05) is 12.1 Å². The van der Waals surface area contributed by atoms with Crippen molar-refractivity contribution in [2.75, 3.05) is 0 Å². The SMILES string of the molecule is O=C1c2ccccc2-c2nc3ccc(F)cc3c(Cl)c21. The average Bonchev–Trinajstić information content (AvgIpc) is 2.74. The van der Waals surface area contributed by atoms with E-state index >= 15 is 0 Å². The number of rotatable bonds is 0. The zero-order chi connectivity index (χ0) is 13.9. The van der Waals surface area contributed by atoms with Crippen molar-refractivity contribution in [1.29, 1.82) is 0 Å². The second-order valence-corrected chi connectivity index (χ2v) is 5.06. The van der Waals surface area contributed by atoms with E-state index in [0.29, 0.717) is 27.7 Å². The highest BCUT2D eigenvalue weighted by atomic mass is 35.5. The van der Waals surface area contributed by atoms with Crippen LogP contribution in [0.15, 0.2) is 42.5 Å². The van der Waals surface area contributed by atoms with Gasteiger partial charge in [0, 0.05) is 16.5 Å². The van der Waals surface area contributed by atoms with Gasteiger partial charge in [0.1, 0.15) is 5.82 Å². The first-order chi connectivity index (χ1) is 9.66. The monoisotopic (exact) mass is 283 g/mol. The Morgan fingerprint density at radius 2 is 1.80 bits per heavy atom. The summed E-state index contributed by atoms with van der Waals surface area (Å²) >= 11 is 6.32. The van der Waals surface area contributed by atoms with Gasteiger partial charge in [0.15, 0.2) is 5.78 Å². The summed E-state index contributed by atoms with van der Waals surface area (Å²) in [5, 5.41) is 0.734. The van der Waals surface area contributed by atoms with Crippen molar-refractivity contribution in [2.24, 2.45) is 0 Å². The number of halogens is 2. The lowest BCUT2D eigenvalue weighted by Gasteiger charge is -2.06. The largest absolute Gasteiger partial charge is 0.288 e. The van der Waals surface area contributed by atoms with Crippen molar-refractivity contribution >= 4 is 28.3 Å². The van der Waals surface area contributed by atoms with Gasteiger partial charge in [-0.05, 0) is 18.2 Å². The van der Waals surface area contributed by atoms with E-state index in [-0.39, 0.29) is 10.8 Å². The van der Waals surface area contributed by atoms with Crippen LogP contribution >= 0.6 is 11.6 Å². The van der Waals surface area contributed by atoms with Gasteiger partial charge in [0.2, 0.25) is 0 Å². The molecule has 0 aliphatic heterocycles. The number of hydrogen-bond acceptors (Lipinski definition) is 2. The summed E-state index contributed by atoms with van der Waals surface area (Å²) in [6, 6.07) is 11.5. The molecular formula is C16H7ClFNO. The molecule has 0 amide bonds. The average molecular weight is 284 g/mol. The Hall–Kier alpha value is -2.26. The number of carbonyl (C=O) groups is 1. The minimum Gasteiger partial charge on any atom is -0.288 e. The predicted molar refractivity (Wildman–Crippen MR) is 75.6 cm³/mol. The summed E-state index contributed by atoms with van der Waals surface area (Å²) in [6.07, 6.45) is 0. The highest BCUT2D eigenvalue weighted by Crippen LogP contribution is 2.41. The third-order valence-corrected chi connectivity index (χ3v) is 3.93. The first kappa shape index (κ1) is 11.6. The number of ketones is 1. The molecular weight excluding hydrogens is 277 g/mol. The molecule has 0 spiro atoms. The van der Waals surface area contributed by atoms with Crippen molar-refractivity contribution in [3.63, 3.8) is 0 Å². The fourth-order valence-corrected chi connectivity index (χ4v) is 2.95. The maximum absolute atomic E-state index is 13.4. The first-order valence-electron chi connectivity index (χ1n) is 6.09. The Bertz CT molecular complexity index is 904. The normalized spacial score (nSPS) is 12.6. The fraction of sp³-hybridized carbons (Fsp3) is 0. The summed E-state index contributed by atoms with van der Waals surface area (Å²) in [7, 11) is 0. The number of nitrogens with zero attached hydrogens (tertiary/aromatic N) is 1. The maximum atomic E-state index is 13.4. The van der Waals surface area contributed by atoms with Crippen LogP contribution < -0.4 is 0 Å². The Balaban J connectivity index is 2.17. The van der Waals surface area contributed by atoms with E-state index in [2.05, 4.69) is 4.98 Å². The number of hydrogen-bond donors (Lipinski definition) is 0. The summed E-state index contributed by atoms with van der Waals surface area (Å²) < 4.78 is 13.4. The number of carbonyl (C=O) groups excluding carboxylic acids is 1. The van der Waals surface area contributed by atoms with E-state index in [1.54, 1.807) is 18.2 Å². The first-order valence-corrected chi connectivity index (χ1v) is 6.47. The Morgan fingerprint density at radius 1 is 1.05 bits per heavy atom. The number of aromatic nitrogens is 1. The third kappa shape index (κ3) is 1.38. The van der Waals surface area contributed by atoms with E-state index in [9.17, 15) is 9.18 Å². The molecule has 0 fully saturated rings. The van der Waals surface area contributed by atoms with Gasteiger partial charge in [-0.15, -0.1) is 0 Å². The lowest BCUT2D eigenvalue weighted by Crippen LogP contribution is -1.98. The Morgan fingerprint density at radius 3 is 2.60 bits per heavy atom. The summed E-state index contributed by atoms with van der Waals surface area (Å²) in [5.74, 6) is -0.552. The van der Waals surface area contributed by atoms with E-state index in [0.717, 1.165) is 5.56 Å². The van der Waals surface area contributed by atoms with Crippen LogP contribution in [0.1, 0.15) is 15.9 Å². The Labute approximate surface area is 118 Å². The topological polar surface area (TPSA) is 30.0 Å². The summed E-state index contributed by atoms with van der Waals surface area (Å²) in [6.45, 7) is 0. The molecule has 0 saturated carbocycles. The zero-order valence-electron chi connectivity index (χ0n) is 10.2. The van der Waals surface area contributed by atoms with Crippen molar-refractivity contribution in [1.82, 2.24) is 4.98 Å². The minimum atomic E-state index is -0.399.